The second kappa shape index (κ2) is 10.1. The number of rotatable bonds is 7. The zero-order chi connectivity index (χ0) is 24.9. The molecule has 9 nitrogen and oxygen atoms in total. The second-order valence-corrected chi connectivity index (χ2v) is 7.84. The number of nitrogens with zero attached hydrogens (tertiary/aromatic N) is 3. The van der Waals surface area contributed by atoms with E-state index in [4.69, 9.17) is 10.00 Å². The number of nitrogens with one attached hydrogen (secondary N) is 2. The molecule has 1 saturated carbocycles. The van der Waals surface area contributed by atoms with Crippen molar-refractivity contribution in [3.8, 4) is 11.8 Å². The molecule has 1 fully saturated rings. The number of esters is 1. The minimum atomic E-state index is -0.773. The highest BCUT2D eigenvalue weighted by atomic mass is 19.1. The van der Waals surface area contributed by atoms with Crippen molar-refractivity contribution in [1.29, 1.82) is 5.26 Å². The van der Waals surface area contributed by atoms with Gasteiger partial charge in [0.15, 0.2) is 5.78 Å². The molecule has 0 spiro atoms. The second-order valence-electron chi connectivity index (χ2n) is 7.84. The van der Waals surface area contributed by atoms with Gasteiger partial charge in [0.1, 0.15) is 23.5 Å². The highest BCUT2D eigenvalue weighted by Gasteiger charge is 2.44. The van der Waals surface area contributed by atoms with E-state index in [-0.39, 0.29) is 40.5 Å². The van der Waals surface area contributed by atoms with Crippen LogP contribution in [0, 0.1) is 17.1 Å². The maximum Gasteiger partial charge on any atom is 0.345 e. The van der Waals surface area contributed by atoms with Crippen molar-refractivity contribution in [2.45, 2.75) is 31.7 Å². The molecule has 2 amide bonds. The van der Waals surface area contributed by atoms with Crippen LogP contribution >= 0.6 is 0 Å². The Balaban J connectivity index is 1.55. The number of ether oxygens (including phenoxy) is 1. The molecule has 2 heterocycles. The van der Waals surface area contributed by atoms with Gasteiger partial charge in [0.2, 0.25) is 0 Å². The fourth-order valence-corrected chi connectivity index (χ4v) is 3.60. The van der Waals surface area contributed by atoms with Gasteiger partial charge >= 0.3 is 12.0 Å². The number of ketones is 1. The zero-order valence-electron chi connectivity index (χ0n) is 18.6. The molecule has 1 aliphatic carbocycles. The van der Waals surface area contributed by atoms with Crippen molar-refractivity contribution >= 4 is 23.6 Å². The fraction of sp³-hybridized carbons (Fsp3) is 0.200. The first-order valence-electron chi connectivity index (χ1n) is 10.8. The third-order valence-corrected chi connectivity index (χ3v) is 5.47. The first-order valence-corrected chi connectivity index (χ1v) is 10.8. The molecule has 176 valence electrons. The van der Waals surface area contributed by atoms with Crippen LogP contribution in [0.4, 0.5) is 15.0 Å². The number of carbonyl (C=O) groups is 3. The molecule has 0 bridgehead atoms. The summed E-state index contributed by atoms with van der Waals surface area (Å²) in [4.78, 5) is 45.5. The highest BCUT2D eigenvalue weighted by Crippen LogP contribution is 2.47. The smallest absolute Gasteiger partial charge is 0.345 e. The van der Waals surface area contributed by atoms with Crippen LogP contribution in [0.2, 0.25) is 0 Å². The topological polar surface area (TPSA) is 134 Å². The predicted octanol–water partition coefficient (Wildman–Crippen LogP) is 3.98. The van der Waals surface area contributed by atoms with Crippen molar-refractivity contribution in [3.05, 3.63) is 83.1 Å². The number of benzene rings is 1. The maximum absolute atomic E-state index is 15.0. The van der Waals surface area contributed by atoms with Crippen LogP contribution in [-0.2, 0) is 0 Å². The summed E-state index contributed by atoms with van der Waals surface area (Å²) >= 11 is 0. The van der Waals surface area contributed by atoms with Gasteiger partial charge in [-0.15, -0.1) is 0 Å². The zero-order valence-corrected chi connectivity index (χ0v) is 18.6. The van der Waals surface area contributed by atoms with Crippen molar-refractivity contribution in [1.82, 2.24) is 15.3 Å². The van der Waals surface area contributed by atoms with Crippen LogP contribution in [-0.4, -0.2) is 33.8 Å². The van der Waals surface area contributed by atoms with Crippen molar-refractivity contribution in [2.24, 2.45) is 0 Å². The molecular weight excluding hydrogens is 453 g/mol. The number of anilines is 1. The minimum Gasteiger partial charge on any atom is -0.422 e. The summed E-state index contributed by atoms with van der Waals surface area (Å²) in [6, 6.07) is 9.43. The van der Waals surface area contributed by atoms with Gasteiger partial charge < -0.3 is 10.1 Å². The molecule has 1 unspecified atom stereocenters. The van der Waals surface area contributed by atoms with Gasteiger partial charge in [-0.05, 0) is 42.8 Å². The van der Waals surface area contributed by atoms with Crippen LogP contribution in [0.3, 0.4) is 0 Å². The van der Waals surface area contributed by atoms with Crippen LogP contribution in [0.25, 0.3) is 0 Å². The molecule has 2 aromatic heterocycles. The van der Waals surface area contributed by atoms with Crippen LogP contribution in [0.15, 0.2) is 55.0 Å². The van der Waals surface area contributed by atoms with Gasteiger partial charge in [0.25, 0.3) is 0 Å². The molecule has 0 aliphatic heterocycles. The monoisotopic (exact) mass is 473 g/mol. The SMILES string of the molecule is CCC(=O)c1ccc(F)c([C@@H]2CC2NC(=O)Nc2ccc(C#N)cn2)c1OC(=O)c1cccnc1. The Morgan fingerprint density at radius 3 is 2.69 bits per heavy atom. The molecule has 35 heavy (non-hydrogen) atoms. The van der Waals surface area contributed by atoms with Gasteiger partial charge in [-0.1, -0.05) is 6.92 Å². The Labute approximate surface area is 200 Å². The average molecular weight is 473 g/mol. The molecule has 2 N–H and O–H groups in total. The van der Waals surface area contributed by atoms with Crippen molar-refractivity contribution in [3.63, 3.8) is 0 Å². The minimum absolute atomic E-state index is 0.0586. The largest absolute Gasteiger partial charge is 0.422 e. The summed E-state index contributed by atoms with van der Waals surface area (Å²) in [7, 11) is 0. The maximum atomic E-state index is 15.0. The van der Waals surface area contributed by atoms with E-state index in [0.717, 1.165) is 6.07 Å². The number of Topliss-reactive ketones (excluding diaryl/α,β-unsaturated/α-hetero) is 1. The van der Waals surface area contributed by atoms with E-state index in [2.05, 4.69) is 20.6 Å². The summed E-state index contributed by atoms with van der Waals surface area (Å²) in [6.45, 7) is 1.65. The average Bonchev–Trinajstić information content (AvgIpc) is 3.62. The Bertz CT molecular complexity index is 1320. The molecular formula is C25H20FN5O4. The van der Waals surface area contributed by atoms with Crippen molar-refractivity contribution in [2.75, 3.05) is 5.32 Å². The lowest BCUT2D eigenvalue weighted by Gasteiger charge is -2.15. The first kappa shape index (κ1) is 23.5. The lowest BCUT2D eigenvalue weighted by molar-refractivity contribution is 0.0729. The third-order valence-electron chi connectivity index (χ3n) is 5.47. The van der Waals surface area contributed by atoms with E-state index in [1.807, 2.05) is 6.07 Å². The van der Waals surface area contributed by atoms with Gasteiger partial charge in [0, 0.05) is 42.5 Å². The number of pyridine rings is 2. The number of carbonyl (C=O) groups excluding carboxylic acids is 3. The third kappa shape index (κ3) is 5.30. The lowest BCUT2D eigenvalue weighted by atomic mass is 10.00. The predicted molar refractivity (Wildman–Crippen MR) is 122 cm³/mol. The molecule has 2 atom stereocenters. The normalized spacial score (nSPS) is 16.0. The van der Waals surface area contributed by atoms with E-state index >= 15 is 0 Å². The summed E-state index contributed by atoms with van der Waals surface area (Å²) in [5, 5.41) is 14.1. The molecule has 0 radical (unpaired) electrons. The summed E-state index contributed by atoms with van der Waals surface area (Å²) in [6.07, 6.45) is 4.65. The summed E-state index contributed by atoms with van der Waals surface area (Å²) in [5.41, 5.74) is 0.655. The molecule has 1 aromatic carbocycles. The van der Waals surface area contributed by atoms with E-state index in [9.17, 15) is 18.8 Å². The number of hydrogen-bond donors (Lipinski definition) is 2. The van der Waals surface area contributed by atoms with Crippen LogP contribution in [0.1, 0.15) is 57.5 Å². The van der Waals surface area contributed by atoms with Gasteiger partial charge in [-0.25, -0.2) is 19.0 Å². The number of urea groups is 1. The fourth-order valence-electron chi connectivity index (χ4n) is 3.60. The molecule has 3 aromatic rings. The van der Waals surface area contributed by atoms with Crippen molar-refractivity contribution < 1.29 is 23.5 Å². The van der Waals surface area contributed by atoms with E-state index in [1.165, 1.54) is 42.9 Å². The van der Waals surface area contributed by atoms with E-state index < -0.39 is 29.8 Å². The number of amides is 2. The molecule has 0 saturated heterocycles. The number of aromatic nitrogens is 2. The Morgan fingerprint density at radius 2 is 2.03 bits per heavy atom. The van der Waals surface area contributed by atoms with Gasteiger partial charge in [-0.3, -0.25) is 15.1 Å². The van der Waals surface area contributed by atoms with Gasteiger partial charge in [-0.2, -0.15) is 5.26 Å². The summed E-state index contributed by atoms with van der Waals surface area (Å²) < 4.78 is 20.5. The summed E-state index contributed by atoms with van der Waals surface area (Å²) in [5.74, 6) is -2.13. The Morgan fingerprint density at radius 1 is 1.20 bits per heavy atom. The number of nitriles is 1. The lowest BCUT2D eigenvalue weighted by Crippen LogP contribution is -2.31. The van der Waals surface area contributed by atoms with Crippen LogP contribution < -0.4 is 15.4 Å². The number of hydrogen-bond acceptors (Lipinski definition) is 7. The first-order chi connectivity index (χ1) is 16.9. The van der Waals surface area contributed by atoms with E-state index in [1.54, 1.807) is 13.0 Å². The number of halogens is 1. The molecule has 1 aliphatic rings. The quantitative estimate of drug-likeness (QED) is 0.301. The highest BCUT2D eigenvalue weighted by molar-refractivity contribution is 6.01. The van der Waals surface area contributed by atoms with E-state index in [0.29, 0.717) is 12.0 Å². The Hall–Kier alpha value is -4.65. The Kier molecular flexibility index (Phi) is 6.78. The molecule has 4 rings (SSSR count). The molecule has 10 heteroatoms. The standard InChI is InChI=1S/C25H20FN5O4/c1-2-20(32)16-6-7-18(26)22(23(16)35-24(33)15-4-3-9-28-13-15)17-10-19(17)30-25(34)31-21-8-5-14(11-27)12-29-21/h3-9,12-13,17,19H,2,10H2,1H3,(H2,29,30,31,34)/t17-,19?/m1/s1. The van der Waals surface area contributed by atoms with Gasteiger partial charge in [0.05, 0.1) is 16.7 Å². The van der Waals surface area contributed by atoms with Crippen LogP contribution in [0.5, 0.6) is 5.75 Å².